The zero-order chi connectivity index (χ0) is 11.0. The van der Waals surface area contributed by atoms with E-state index in [0.717, 1.165) is 0 Å². The highest BCUT2D eigenvalue weighted by molar-refractivity contribution is 6.73. The van der Waals surface area contributed by atoms with Crippen molar-refractivity contribution >= 4 is 35.0 Å². The Balaban J connectivity index is 2.55. The molecule has 0 atom stereocenters. The fraction of sp³-hybridized carbons (Fsp3) is 0.250. The number of carbonyl (C=O) groups excluding carboxylic acids is 2. The molecule has 2 heterocycles. The number of nitrogens with zero attached hydrogens (tertiary/aromatic N) is 4. The van der Waals surface area contributed by atoms with E-state index >= 15 is 0 Å². The SMILES string of the molecule is CN=C1N=C2N=C(C)C(=O)N=C2C(=O)N1. The number of hydrogen-bond donors (Lipinski definition) is 1. The van der Waals surface area contributed by atoms with Crippen LogP contribution in [0.5, 0.6) is 0 Å². The fourth-order valence-corrected chi connectivity index (χ4v) is 1.12. The molecule has 2 aliphatic rings. The molecule has 0 aromatic heterocycles. The van der Waals surface area contributed by atoms with Gasteiger partial charge in [0.25, 0.3) is 11.8 Å². The normalized spacial score (nSPS) is 22.8. The molecule has 0 spiro atoms. The van der Waals surface area contributed by atoms with E-state index in [1.807, 2.05) is 0 Å². The predicted octanol–water partition coefficient (Wildman–Crippen LogP) is -1.06. The summed E-state index contributed by atoms with van der Waals surface area (Å²) in [7, 11) is 1.49. The van der Waals surface area contributed by atoms with Crippen LogP contribution in [0.1, 0.15) is 6.92 Å². The molecule has 0 saturated heterocycles. The molecule has 76 valence electrons. The van der Waals surface area contributed by atoms with Crippen molar-refractivity contribution in [3.8, 4) is 0 Å². The van der Waals surface area contributed by atoms with Gasteiger partial charge in [-0.1, -0.05) is 0 Å². The van der Waals surface area contributed by atoms with Gasteiger partial charge in [-0.15, -0.1) is 0 Å². The lowest BCUT2D eigenvalue weighted by Gasteiger charge is -2.15. The highest BCUT2D eigenvalue weighted by Gasteiger charge is 2.29. The molecule has 2 rings (SSSR count). The van der Waals surface area contributed by atoms with Gasteiger partial charge in [0.2, 0.25) is 5.96 Å². The first-order valence-corrected chi connectivity index (χ1v) is 4.17. The molecule has 0 aromatic carbocycles. The lowest BCUT2D eigenvalue weighted by molar-refractivity contribution is -0.115. The van der Waals surface area contributed by atoms with Crippen molar-refractivity contribution in [3.05, 3.63) is 0 Å². The van der Waals surface area contributed by atoms with Crippen molar-refractivity contribution in [3.63, 3.8) is 0 Å². The molecule has 0 aromatic rings. The number of hydrogen-bond acceptors (Lipinski definition) is 4. The summed E-state index contributed by atoms with van der Waals surface area (Å²) >= 11 is 0. The summed E-state index contributed by atoms with van der Waals surface area (Å²) in [5.74, 6) is -0.725. The molecule has 0 fully saturated rings. The largest absolute Gasteiger partial charge is 0.292 e. The van der Waals surface area contributed by atoms with Crippen molar-refractivity contribution in [2.45, 2.75) is 6.92 Å². The zero-order valence-electron chi connectivity index (χ0n) is 8.11. The van der Waals surface area contributed by atoms with Crippen molar-refractivity contribution in [1.82, 2.24) is 5.32 Å². The molecule has 2 aliphatic heterocycles. The molecular weight excluding hydrogens is 198 g/mol. The van der Waals surface area contributed by atoms with Crippen LogP contribution in [0.15, 0.2) is 20.0 Å². The summed E-state index contributed by atoms with van der Waals surface area (Å²) in [6, 6.07) is 0. The van der Waals surface area contributed by atoms with Crippen molar-refractivity contribution in [2.75, 3.05) is 7.05 Å². The summed E-state index contributed by atoms with van der Waals surface area (Å²) in [4.78, 5) is 37.7. The van der Waals surface area contributed by atoms with Crippen molar-refractivity contribution < 1.29 is 9.59 Å². The molecule has 0 radical (unpaired) electrons. The Morgan fingerprint density at radius 2 is 1.93 bits per heavy atom. The number of amides is 2. The van der Waals surface area contributed by atoms with E-state index in [1.54, 1.807) is 0 Å². The van der Waals surface area contributed by atoms with Gasteiger partial charge in [0.1, 0.15) is 5.71 Å². The summed E-state index contributed by atoms with van der Waals surface area (Å²) in [6.45, 7) is 1.51. The maximum Gasteiger partial charge on any atom is 0.292 e. The first kappa shape index (κ1) is 9.38. The molecule has 7 heteroatoms. The third-order valence-corrected chi connectivity index (χ3v) is 1.87. The summed E-state index contributed by atoms with van der Waals surface area (Å²) in [5.41, 5.74) is 0.153. The van der Waals surface area contributed by atoms with Gasteiger partial charge in [-0.2, -0.15) is 9.98 Å². The van der Waals surface area contributed by atoms with Gasteiger partial charge in [-0.25, -0.2) is 4.99 Å². The average molecular weight is 205 g/mol. The average Bonchev–Trinajstić information content (AvgIpc) is 2.21. The van der Waals surface area contributed by atoms with Crippen molar-refractivity contribution in [2.24, 2.45) is 20.0 Å². The van der Waals surface area contributed by atoms with Gasteiger partial charge in [0.15, 0.2) is 11.5 Å². The first-order chi connectivity index (χ1) is 7.11. The van der Waals surface area contributed by atoms with Crippen LogP contribution in [-0.2, 0) is 9.59 Å². The molecule has 7 nitrogen and oxygen atoms in total. The Morgan fingerprint density at radius 1 is 1.20 bits per heavy atom. The predicted molar refractivity (Wildman–Crippen MR) is 54.5 cm³/mol. The Kier molecular flexibility index (Phi) is 2.00. The van der Waals surface area contributed by atoms with Crippen LogP contribution in [0.25, 0.3) is 0 Å². The Labute approximate surface area is 84.7 Å². The molecule has 0 aliphatic carbocycles. The minimum Gasteiger partial charge on any atom is -0.289 e. The maximum atomic E-state index is 11.4. The molecule has 2 amide bonds. The Bertz CT molecular complexity index is 483. The number of fused-ring (bicyclic) bond motifs is 1. The van der Waals surface area contributed by atoms with Crippen LogP contribution in [0.2, 0.25) is 0 Å². The first-order valence-electron chi connectivity index (χ1n) is 4.17. The quantitative estimate of drug-likeness (QED) is 0.545. The minimum atomic E-state index is -0.518. The van der Waals surface area contributed by atoms with E-state index in [-0.39, 0.29) is 23.2 Å². The lowest BCUT2D eigenvalue weighted by Crippen LogP contribution is -2.46. The van der Waals surface area contributed by atoms with Gasteiger partial charge >= 0.3 is 0 Å². The molecule has 1 N–H and O–H groups in total. The number of rotatable bonds is 0. The van der Waals surface area contributed by atoms with Gasteiger partial charge in [0, 0.05) is 7.05 Å². The van der Waals surface area contributed by atoms with Gasteiger partial charge in [0.05, 0.1) is 0 Å². The van der Waals surface area contributed by atoms with Crippen LogP contribution < -0.4 is 5.32 Å². The fourth-order valence-electron chi connectivity index (χ4n) is 1.12. The van der Waals surface area contributed by atoms with Gasteiger partial charge in [-0.05, 0) is 6.92 Å². The van der Waals surface area contributed by atoms with E-state index in [0.29, 0.717) is 0 Å². The minimum absolute atomic E-state index is 0.0574. The third kappa shape index (κ3) is 1.47. The van der Waals surface area contributed by atoms with Crippen LogP contribution in [-0.4, -0.2) is 42.1 Å². The molecule has 0 bridgehead atoms. The van der Waals surface area contributed by atoms with Gasteiger partial charge in [-0.3, -0.25) is 19.9 Å². The van der Waals surface area contributed by atoms with E-state index in [9.17, 15) is 9.59 Å². The van der Waals surface area contributed by atoms with Crippen LogP contribution in [0, 0.1) is 0 Å². The Hall–Kier alpha value is -2.18. The number of amidine groups is 1. The second-order valence-corrected chi connectivity index (χ2v) is 2.90. The standard InChI is InChI=1S/C8H7N5O2/c1-3-6(14)11-4-5(10-3)12-8(9-2)13-7(4)15/h1-2H3,(H,9,13,15). The second-order valence-electron chi connectivity index (χ2n) is 2.90. The van der Waals surface area contributed by atoms with Crippen LogP contribution in [0.4, 0.5) is 0 Å². The van der Waals surface area contributed by atoms with E-state index in [2.05, 4.69) is 25.3 Å². The topological polar surface area (TPSA) is 95.6 Å². The zero-order valence-corrected chi connectivity index (χ0v) is 8.11. The van der Waals surface area contributed by atoms with Crippen LogP contribution >= 0.6 is 0 Å². The summed E-state index contributed by atoms with van der Waals surface area (Å²) in [6.07, 6.45) is 0. The summed E-state index contributed by atoms with van der Waals surface area (Å²) in [5, 5.41) is 2.37. The highest BCUT2D eigenvalue weighted by Crippen LogP contribution is 2.04. The Morgan fingerprint density at radius 3 is 2.60 bits per heavy atom. The van der Waals surface area contributed by atoms with E-state index in [4.69, 9.17) is 0 Å². The maximum absolute atomic E-state index is 11.4. The highest BCUT2D eigenvalue weighted by atomic mass is 16.2. The molecule has 0 unspecified atom stereocenters. The smallest absolute Gasteiger partial charge is 0.289 e. The number of guanidine groups is 1. The van der Waals surface area contributed by atoms with Crippen molar-refractivity contribution in [1.29, 1.82) is 0 Å². The summed E-state index contributed by atoms with van der Waals surface area (Å²) < 4.78 is 0. The molecule has 15 heavy (non-hydrogen) atoms. The lowest BCUT2D eigenvalue weighted by atomic mass is 10.2. The monoisotopic (exact) mass is 205 g/mol. The molecular formula is C8H7N5O2. The number of carbonyl (C=O) groups is 2. The number of aliphatic imine (C=N–C) groups is 4. The van der Waals surface area contributed by atoms with E-state index in [1.165, 1.54) is 14.0 Å². The van der Waals surface area contributed by atoms with Crippen LogP contribution in [0.3, 0.4) is 0 Å². The van der Waals surface area contributed by atoms with Gasteiger partial charge < -0.3 is 0 Å². The second kappa shape index (κ2) is 3.19. The third-order valence-electron chi connectivity index (χ3n) is 1.87. The number of nitrogens with one attached hydrogen (secondary N) is 1. The molecule has 0 saturated carbocycles. The van der Waals surface area contributed by atoms with E-state index < -0.39 is 11.8 Å².